The number of benzene rings is 1. The normalized spacial score (nSPS) is 14.8. The first-order valence-corrected chi connectivity index (χ1v) is 9.12. The first kappa shape index (κ1) is 20.5. The van der Waals surface area contributed by atoms with Gasteiger partial charge in [-0.15, -0.1) is 0 Å². The quantitative estimate of drug-likeness (QED) is 0.656. The fourth-order valence-corrected chi connectivity index (χ4v) is 3.24. The number of hydrogen-bond donors (Lipinski definition) is 2. The summed E-state index contributed by atoms with van der Waals surface area (Å²) in [5.41, 5.74) is -1.11. The van der Waals surface area contributed by atoms with Crippen LogP contribution < -0.4 is 15.4 Å². The van der Waals surface area contributed by atoms with E-state index >= 15 is 0 Å². The summed E-state index contributed by atoms with van der Waals surface area (Å²) in [7, 11) is 0. The van der Waals surface area contributed by atoms with Gasteiger partial charge in [-0.25, -0.2) is 14.8 Å². The molecule has 11 heteroatoms. The van der Waals surface area contributed by atoms with Gasteiger partial charge in [0.25, 0.3) is 0 Å². The summed E-state index contributed by atoms with van der Waals surface area (Å²) in [6, 6.07) is 4.29. The monoisotopic (exact) mass is 434 g/mol. The summed E-state index contributed by atoms with van der Waals surface area (Å²) in [6.07, 6.45) is -1.60. The van der Waals surface area contributed by atoms with Gasteiger partial charge in [0.2, 0.25) is 5.95 Å². The number of carbonyl (C=O) groups is 1. The Morgan fingerprint density at radius 2 is 1.93 bits per heavy atom. The van der Waals surface area contributed by atoms with E-state index in [1.54, 1.807) is 0 Å². The highest BCUT2D eigenvalue weighted by Gasteiger charge is 2.38. The van der Waals surface area contributed by atoms with Crippen LogP contribution in [0, 0.1) is 0 Å². The number of nitrogens with one attached hydrogen (secondary N) is 2. The van der Waals surface area contributed by atoms with Gasteiger partial charge >= 0.3 is 12.3 Å². The molecular formula is C17H15Cl2F3N4O2. The molecule has 1 aliphatic rings. The summed E-state index contributed by atoms with van der Waals surface area (Å²) in [5.74, 6) is -1.14. The van der Waals surface area contributed by atoms with Crippen LogP contribution >= 0.6 is 23.2 Å². The van der Waals surface area contributed by atoms with E-state index < -0.39 is 23.7 Å². The van der Waals surface area contributed by atoms with Crippen LogP contribution in [0.2, 0.25) is 10.0 Å². The zero-order chi connectivity index (χ0) is 20.3. The van der Waals surface area contributed by atoms with Crippen molar-refractivity contribution < 1.29 is 22.7 Å². The Balaban J connectivity index is 1.80. The molecule has 1 saturated carbocycles. The molecule has 1 aliphatic carbocycles. The fraction of sp³-hybridized carbons (Fsp3) is 0.353. The standard InChI is InChI=1S/C17H15Cl2F3N4O2/c18-9-5-6-12(11(19)7-9)25-15-23-8-13(14(26-15)17(20,21)22)28-16(27)24-10-3-1-2-4-10/h5-8,10H,1-4H2,(H,24,27)(H,23,25,26). The van der Waals surface area contributed by atoms with Gasteiger partial charge in [-0.2, -0.15) is 13.2 Å². The van der Waals surface area contributed by atoms with Crippen LogP contribution in [0.5, 0.6) is 5.75 Å². The second kappa shape index (κ2) is 8.40. The van der Waals surface area contributed by atoms with E-state index in [0.29, 0.717) is 5.02 Å². The molecule has 0 saturated heterocycles. The molecule has 6 nitrogen and oxygen atoms in total. The molecule has 28 heavy (non-hydrogen) atoms. The van der Waals surface area contributed by atoms with Gasteiger partial charge in [0.15, 0.2) is 11.4 Å². The van der Waals surface area contributed by atoms with E-state index in [1.807, 2.05) is 0 Å². The van der Waals surface area contributed by atoms with Gasteiger partial charge in [0.1, 0.15) is 0 Å². The zero-order valence-electron chi connectivity index (χ0n) is 14.3. The number of carbonyl (C=O) groups excluding carboxylic acids is 1. The first-order chi connectivity index (χ1) is 13.2. The van der Waals surface area contributed by atoms with Crippen molar-refractivity contribution in [3.8, 4) is 5.75 Å². The summed E-state index contributed by atoms with van der Waals surface area (Å²) < 4.78 is 45.0. The topological polar surface area (TPSA) is 76.1 Å². The predicted octanol–water partition coefficient (Wildman–Crippen LogP) is 5.58. The maximum atomic E-state index is 13.4. The van der Waals surface area contributed by atoms with E-state index in [0.717, 1.165) is 31.9 Å². The average Bonchev–Trinajstić information content (AvgIpc) is 3.10. The molecule has 1 aromatic carbocycles. The molecule has 1 amide bonds. The molecule has 1 aromatic heterocycles. The van der Waals surface area contributed by atoms with Gasteiger partial charge in [-0.1, -0.05) is 36.0 Å². The molecule has 0 atom stereocenters. The minimum Gasteiger partial charge on any atom is -0.406 e. The van der Waals surface area contributed by atoms with Crippen LogP contribution in [-0.4, -0.2) is 22.1 Å². The smallest absolute Gasteiger partial charge is 0.406 e. The number of rotatable bonds is 4. The molecule has 2 aromatic rings. The van der Waals surface area contributed by atoms with Crippen molar-refractivity contribution in [3.05, 3.63) is 40.1 Å². The number of ether oxygens (including phenoxy) is 1. The molecule has 2 N–H and O–H groups in total. The van der Waals surface area contributed by atoms with Gasteiger partial charge < -0.3 is 15.4 Å². The van der Waals surface area contributed by atoms with Gasteiger partial charge in [0, 0.05) is 11.1 Å². The Kier molecular flexibility index (Phi) is 6.14. The van der Waals surface area contributed by atoms with Gasteiger partial charge in [0.05, 0.1) is 16.9 Å². The lowest BCUT2D eigenvalue weighted by molar-refractivity contribution is -0.142. The first-order valence-electron chi connectivity index (χ1n) is 8.37. The Labute approximate surface area is 168 Å². The zero-order valence-corrected chi connectivity index (χ0v) is 15.8. The summed E-state index contributed by atoms with van der Waals surface area (Å²) >= 11 is 11.8. The highest BCUT2D eigenvalue weighted by atomic mass is 35.5. The molecule has 150 valence electrons. The van der Waals surface area contributed by atoms with E-state index in [4.69, 9.17) is 27.9 Å². The molecule has 0 spiro atoms. The average molecular weight is 435 g/mol. The molecule has 0 aliphatic heterocycles. The SMILES string of the molecule is O=C(NC1CCCC1)Oc1cnc(Nc2ccc(Cl)cc2Cl)nc1C(F)(F)F. The second-order valence-electron chi connectivity index (χ2n) is 6.17. The minimum absolute atomic E-state index is 0.101. The van der Waals surface area contributed by atoms with Crippen molar-refractivity contribution in [2.75, 3.05) is 5.32 Å². The Bertz CT molecular complexity index is 874. The number of amides is 1. The summed E-state index contributed by atoms with van der Waals surface area (Å²) in [5, 5.41) is 5.67. The third-order valence-electron chi connectivity index (χ3n) is 4.08. The molecular weight excluding hydrogens is 420 g/mol. The lowest BCUT2D eigenvalue weighted by atomic mass is 10.3. The third kappa shape index (κ3) is 5.17. The van der Waals surface area contributed by atoms with Crippen molar-refractivity contribution in [2.45, 2.75) is 37.9 Å². The maximum Gasteiger partial charge on any atom is 0.437 e. The highest BCUT2D eigenvalue weighted by Crippen LogP contribution is 2.36. The predicted molar refractivity (Wildman–Crippen MR) is 98.2 cm³/mol. The molecule has 1 fully saturated rings. The molecule has 1 heterocycles. The van der Waals surface area contributed by atoms with Gasteiger partial charge in [-0.3, -0.25) is 0 Å². The van der Waals surface area contributed by atoms with Crippen LogP contribution in [-0.2, 0) is 6.18 Å². The van der Waals surface area contributed by atoms with Gasteiger partial charge in [-0.05, 0) is 31.0 Å². The fourth-order valence-electron chi connectivity index (χ4n) is 2.79. The molecule has 0 unspecified atom stereocenters. The van der Waals surface area contributed by atoms with Crippen molar-refractivity contribution >= 4 is 40.9 Å². The van der Waals surface area contributed by atoms with E-state index in [9.17, 15) is 18.0 Å². The number of aromatic nitrogens is 2. The molecule has 0 bridgehead atoms. The third-order valence-corrected chi connectivity index (χ3v) is 4.63. The van der Waals surface area contributed by atoms with E-state index in [-0.39, 0.29) is 22.7 Å². The highest BCUT2D eigenvalue weighted by molar-refractivity contribution is 6.36. The molecule has 3 rings (SSSR count). The number of alkyl halides is 3. The molecule has 0 radical (unpaired) electrons. The van der Waals surface area contributed by atoms with Crippen LogP contribution in [0.15, 0.2) is 24.4 Å². The largest absolute Gasteiger partial charge is 0.437 e. The van der Waals surface area contributed by atoms with Crippen LogP contribution in [0.1, 0.15) is 31.4 Å². The maximum absolute atomic E-state index is 13.4. The Hall–Kier alpha value is -2.26. The van der Waals surface area contributed by atoms with Crippen molar-refractivity contribution in [1.29, 1.82) is 0 Å². The van der Waals surface area contributed by atoms with Crippen molar-refractivity contribution in [2.24, 2.45) is 0 Å². The Morgan fingerprint density at radius 3 is 2.57 bits per heavy atom. The van der Waals surface area contributed by atoms with Crippen molar-refractivity contribution in [1.82, 2.24) is 15.3 Å². The minimum atomic E-state index is -4.86. The van der Waals surface area contributed by atoms with E-state index in [2.05, 4.69) is 20.6 Å². The van der Waals surface area contributed by atoms with Crippen LogP contribution in [0.3, 0.4) is 0 Å². The summed E-state index contributed by atoms with van der Waals surface area (Å²) in [6.45, 7) is 0. The van der Waals surface area contributed by atoms with Crippen LogP contribution in [0.4, 0.5) is 29.6 Å². The number of anilines is 2. The number of halogens is 5. The summed E-state index contributed by atoms with van der Waals surface area (Å²) in [4.78, 5) is 19.1. The Morgan fingerprint density at radius 1 is 1.21 bits per heavy atom. The van der Waals surface area contributed by atoms with Crippen LogP contribution in [0.25, 0.3) is 0 Å². The van der Waals surface area contributed by atoms with Crippen molar-refractivity contribution in [3.63, 3.8) is 0 Å². The lowest BCUT2D eigenvalue weighted by Crippen LogP contribution is -2.35. The lowest BCUT2D eigenvalue weighted by Gasteiger charge is -2.15. The second-order valence-corrected chi connectivity index (χ2v) is 7.01. The number of hydrogen-bond acceptors (Lipinski definition) is 5. The number of nitrogens with zero attached hydrogens (tertiary/aromatic N) is 2. The van der Waals surface area contributed by atoms with E-state index in [1.165, 1.54) is 18.2 Å².